The maximum absolute atomic E-state index is 3.54. The standard InChI is InChI=1S/C49H89BN2/c1-3-11-21-31-41(32-22-12-4-1)51-45-37-27-19-9-15-25-35-43(45)50-44-36-26-16-10-20-28-38-46(44)52(42-33-23-13-7-8-14-24-34-42)48-40-30-18-6-2-5-17-29-39-47(51)49(48)50/h41-49H,1-40H2. The van der Waals surface area contributed by atoms with Crippen LogP contribution in [0.15, 0.2) is 0 Å². The quantitative estimate of drug-likeness (QED) is 0.263. The van der Waals surface area contributed by atoms with Gasteiger partial charge in [-0.1, -0.05) is 205 Å². The predicted octanol–water partition coefficient (Wildman–Crippen LogP) is 15.1. The summed E-state index contributed by atoms with van der Waals surface area (Å²) in [4.78, 5) is 7.07. The molecular weight excluding hydrogens is 627 g/mol. The molecule has 2 aliphatic heterocycles. The number of nitrogens with zero attached hydrogens (tertiary/aromatic N) is 2. The van der Waals surface area contributed by atoms with E-state index in [2.05, 4.69) is 9.80 Å². The van der Waals surface area contributed by atoms with Crippen LogP contribution < -0.4 is 0 Å². The molecule has 2 heterocycles. The number of hydrogen-bond donors (Lipinski definition) is 0. The van der Waals surface area contributed by atoms with Crippen molar-refractivity contribution in [2.24, 2.45) is 0 Å². The van der Waals surface area contributed by atoms with Crippen LogP contribution in [0.4, 0.5) is 0 Å². The van der Waals surface area contributed by atoms with E-state index in [1.807, 2.05) is 0 Å². The molecule has 7 fully saturated rings. The first kappa shape index (κ1) is 40.2. The van der Waals surface area contributed by atoms with Crippen LogP contribution in [0.1, 0.15) is 257 Å². The lowest BCUT2D eigenvalue weighted by Gasteiger charge is -2.66. The summed E-state index contributed by atoms with van der Waals surface area (Å²) in [6.45, 7) is 1.02. The van der Waals surface area contributed by atoms with Gasteiger partial charge in [0.15, 0.2) is 6.71 Å². The molecule has 7 aliphatic rings. The van der Waals surface area contributed by atoms with Crippen LogP contribution in [0.5, 0.6) is 0 Å². The average molecular weight is 717 g/mol. The minimum atomic E-state index is 0.872. The molecule has 298 valence electrons. The maximum atomic E-state index is 3.54. The monoisotopic (exact) mass is 717 g/mol. The smallest absolute Gasteiger partial charge is 0.156 e. The molecule has 3 heteroatoms. The fraction of sp³-hybridized carbons (Fsp3) is 1.00. The first-order valence-electron chi connectivity index (χ1n) is 25.5. The largest absolute Gasteiger partial charge is 0.295 e. The predicted molar refractivity (Wildman–Crippen MR) is 228 cm³/mol. The number of fused-ring (bicyclic) bond motifs is 4. The molecule has 0 spiro atoms. The highest BCUT2D eigenvalue weighted by Gasteiger charge is 2.61. The van der Waals surface area contributed by atoms with Gasteiger partial charge >= 0.3 is 0 Å². The van der Waals surface area contributed by atoms with Crippen LogP contribution in [-0.4, -0.2) is 52.8 Å². The maximum Gasteiger partial charge on any atom is 0.156 e. The Labute approximate surface area is 326 Å². The summed E-state index contributed by atoms with van der Waals surface area (Å²) in [5, 5.41) is 0. The van der Waals surface area contributed by atoms with Crippen LogP contribution in [0, 0.1) is 0 Å². The first-order chi connectivity index (χ1) is 25.9. The van der Waals surface area contributed by atoms with Crippen LogP contribution >= 0.6 is 0 Å². The summed E-state index contributed by atoms with van der Waals surface area (Å²) in [7, 11) is 0. The van der Waals surface area contributed by atoms with E-state index >= 15 is 0 Å². The summed E-state index contributed by atoms with van der Waals surface area (Å²) in [6.07, 6.45) is 61.0. The molecule has 0 aromatic rings. The molecule has 0 N–H and O–H groups in total. The topological polar surface area (TPSA) is 6.48 Å². The third-order valence-electron chi connectivity index (χ3n) is 17.2. The molecule has 2 saturated heterocycles. The van der Waals surface area contributed by atoms with Crippen molar-refractivity contribution in [3.8, 4) is 0 Å². The van der Waals surface area contributed by atoms with Crippen LogP contribution in [-0.2, 0) is 0 Å². The summed E-state index contributed by atoms with van der Waals surface area (Å²) in [5.74, 6) is 2.93. The normalized spacial score (nSPS) is 37.8. The molecule has 2 nitrogen and oxygen atoms in total. The van der Waals surface area contributed by atoms with Crippen LogP contribution in [0.25, 0.3) is 0 Å². The van der Waals surface area contributed by atoms with Crippen molar-refractivity contribution in [2.75, 3.05) is 0 Å². The number of hydrogen-bond acceptors (Lipinski definition) is 2. The lowest BCUT2D eigenvalue weighted by molar-refractivity contribution is -0.0293. The molecule has 0 aromatic carbocycles. The lowest BCUT2D eigenvalue weighted by Crippen LogP contribution is -2.72. The molecule has 7 rings (SSSR count). The van der Waals surface area contributed by atoms with Crippen molar-refractivity contribution in [2.45, 2.75) is 311 Å². The zero-order valence-corrected chi connectivity index (χ0v) is 35.0. The van der Waals surface area contributed by atoms with Gasteiger partial charge < -0.3 is 0 Å². The molecule has 5 saturated carbocycles. The Kier molecular flexibility index (Phi) is 17.1. The van der Waals surface area contributed by atoms with Gasteiger partial charge in [-0.3, -0.25) is 9.80 Å². The van der Waals surface area contributed by atoms with E-state index in [0.717, 1.165) is 60.4 Å². The highest BCUT2D eigenvalue weighted by Crippen LogP contribution is 2.59. The highest BCUT2D eigenvalue weighted by molar-refractivity contribution is 6.65. The van der Waals surface area contributed by atoms with Crippen LogP contribution in [0.3, 0.4) is 0 Å². The SMILES string of the molecule is C1CCCCC(N2C3CCCCCCCC3B3C4CCCCCCCC4N(C4CCCCCCCC4)C4CCCCCCCCCC2C34)CCCC1. The van der Waals surface area contributed by atoms with Gasteiger partial charge in [0.1, 0.15) is 0 Å². The molecule has 0 bridgehead atoms. The third kappa shape index (κ3) is 10.5. The van der Waals surface area contributed by atoms with Crippen LogP contribution in [0.2, 0.25) is 17.5 Å². The molecule has 52 heavy (non-hydrogen) atoms. The molecule has 0 aromatic heterocycles. The van der Waals surface area contributed by atoms with Gasteiger partial charge in [0.05, 0.1) is 0 Å². The van der Waals surface area contributed by atoms with E-state index in [0.29, 0.717) is 0 Å². The lowest BCUT2D eigenvalue weighted by atomic mass is 9.19. The van der Waals surface area contributed by atoms with E-state index in [9.17, 15) is 0 Å². The Hall–Kier alpha value is -0.0151. The van der Waals surface area contributed by atoms with Crippen molar-refractivity contribution in [3.63, 3.8) is 0 Å². The van der Waals surface area contributed by atoms with Crippen molar-refractivity contribution in [1.29, 1.82) is 0 Å². The van der Waals surface area contributed by atoms with Gasteiger partial charge in [0, 0.05) is 36.3 Å². The minimum Gasteiger partial charge on any atom is -0.295 e. The van der Waals surface area contributed by atoms with Crippen molar-refractivity contribution in [1.82, 2.24) is 9.80 Å². The molecule has 0 radical (unpaired) electrons. The van der Waals surface area contributed by atoms with Crippen molar-refractivity contribution < 1.29 is 0 Å². The van der Waals surface area contributed by atoms with E-state index in [1.54, 1.807) is 51.4 Å². The summed E-state index contributed by atoms with van der Waals surface area (Å²) >= 11 is 0. The fourth-order valence-corrected chi connectivity index (χ4v) is 14.9. The van der Waals surface area contributed by atoms with Gasteiger partial charge in [-0.25, -0.2) is 0 Å². The zero-order chi connectivity index (χ0) is 35.2. The Morgan fingerprint density at radius 2 is 0.462 bits per heavy atom. The second kappa shape index (κ2) is 22.1. The Bertz CT molecular complexity index is 949. The van der Waals surface area contributed by atoms with E-state index < -0.39 is 0 Å². The Morgan fingerprint density at radius 1 is 0.231 bits per heavy atom. The molecule has 5 aliphatic carbocycles. The summed E-state index contributed by atoms with van der Waals surface area (Å²) in [5.41, 5.74) is 0. The van der Waals surface area contributed by atoms with Crippen molar-refractivity contribution in [3.05, 3.63) is 0 Å². The molecule has 7 unspecified atom stereocenters. The Morgan fingerprint density at radius 3 is 0.769 bits per heavy atom. The van der Waals surface area contributed by atoms with E-state index in [4.69, 9.17) is 0 Å². The van der Waals surface area contributed by atoms with Gasteiger partial charge in [0.25, 0.3) is 0 Å². The minimum absolute atomic E-state index is 0.872. The third-order valence-corrected chi connectivity index (χ3v) is 17.2. The van der Waals surface area contributed by atoms with Gasteiger partial charge in [-0.2, -0.15) is 0 Å². The molecule has 7 atom stereocenters. The number of rotatable bonds is 2. The van der Waals surface area contributed by atoms with Gasteiger partial charge in [0.2, 0.25) is 0 Å². The van der Waals surface area contributed by atoms with Gasteiger partial charge in [-0.05, 0) is 68.8 Å². The average Bonchev–Trinajstić information content (AvgIpc) is 3.44. The van der Waals surface area contributed by atoms with Gasteiger partial charge in [-0.15, -0.1) is 0 Å². The highest BCUT2D eigenvalue weighted by atomic mass is 15.3. The van der Waals surface area contributed by atoms with Crippen molar-refractivity contribution >= 4 is 6.71 Å². The molecular formula is C49H89BN2. The summed E-state index contributed by atoms with van der Waals surface area (Å²) < 4.78 is 0. The second-order valence-electron chi connectivity index (χ2n) is 20.4. The second-order valence-corrected chi connectivity index (χ2v) is 20.4. The first-order valence-corrected chi connectivity index (χ1v) is 25.5. The van der Waals surface area contributed by atoms with E-state index in [-0.39, 0.29) is 0 Å². The Balaban J connectivity index is 1.35. The molecule has 0 amide bonds. The zero-order valence-electron chi connectivity index (χ0n) is 35.0. The summed E-state index contributed by atoms with van der Waals surface area (Å²) in [6, 6.07) is 5.30. The fourth-order valence-electron chi connectivity index (χ4n) is 14.9. The van der Waals surface area contributed by atoms with E-state index in [1.165, 1.54) is 205 Å².